The normalized spacial score (nSPS) is 11.6. The van der Waals surface area contributed by atoms with E-state index in [1.807, 2.05) is 0 Å². The number of nitro benzene ring substituents is 1. The molecule has 0 amide bonds. The largest absolute Gasteiger partial charge is 0.494 e. The van der Waals surface area contributed by atoms with Crippen LogP contribution in [0.2, 0.25) is 0 Å². The van der Waals surface area contributed by atoms with Gasteiger partial charge in [-0.05, 0) is 34.1 Å². The lowest BCUT2D eigenvalue weighted by molar-refractivity contribution is -0.384. The second kappa shape index (κ2) is 5.91. The summed E-state index contributed by atoms with van der Waals surface area (Å²) in [6.07, 6.45) is 1.31. The van der Waals surface area contributed by atoms with Gasteiger partial charge in [-0.15, -0.1) is 0 Å². The highest BCUT2D eigenvalue weighted by molar-refractivity contribution is 9.10. The number of ether oxygens (including phenoxy) is 1. The number of aromatic nitrogens is 1. The Morgan fingerprint density at radius 2 is 1.92 bits per heavy atom. The van der Waals surface area contributed by atoms with Gasteiger partial charge in [0.15, 0.2) is 0 Å². The van der Waals surface area contributed by atoms with Crippen molar-refractivity contribution < 1.29 is 18.1 Å². The first-order valence-electron chi connectivity index (χ1n) is 6.70. The third kappa shape index (κ3) is 2.55. The van der Waals surface area contributed by atoms with Crippen LogP contribution in [0.25, 0.3) is 10.9 Å². The van der Waals surface area contributed by atoms with Gasteiger partial charge in [0.1, 0.15) is 10.6 Å². The van der Waals surface area contributed by atoms with Crippen LogP contribution in [-0.2, 0) is 10.0 Å². The molecule has 0 bridgehead atoms. The Morgan fingerprint density at radius 1 is 1.21 bits per heavy atom. The van der Waals surface area contributed by atoms with Crippen molar-refractivity contribution in [2.75, 3.05) is 7.11 Å². The fraction of sp³-hybridized carbons (Fsp3) is 0.0667. The lowest BCUT2D eigenvalue weighted by Crippen LogP contribution is -2.12. The van der Waals surface area contributed by atoms with Gasteiger partial charge in [0.25, 0.3) is 15.7 Å². The second-order valence-electron chi connectivity index (χ2n) is 4.89. The van der Waals surface area contributed by atoms with E-state index in [0.29, 0.717) is 15.4 Å². The standard InChI is InChI=1S/C15H11BrN2O5S/c1-23-14-9-17(13-7-6-10(18(19)20)8-11(13)14)24(21,22)15-5-3-2-4-12(15)16/h2-9H,1H3. The monoisotopic (exact) mass is 410 g/mol. The zero-order chi connectivity index (χ0) is 17.5. The van der Waals surface area contributed by atoms with Gasteiger partial charge >= 0.3 is 0 Å². The molecule has 2 aromatic carbocycles. The topological polar surface area (TPSA) is 91.4 Å². The predicted molar refractivity (Wildman–Crippen MR) is 91.9 cm³/mol. The van der Waals surface area contributed by atoms with Crippen molar-refractivity contribution in [1.82, 2.24) is 3.97 Å². The van der Waals surface area contributed by atoms with Crippen LogP contribution in [0.4, 0.5) is 5.69 Å². The molecule has 0 aliphatic carbocycles. The first kappa shape index (κ1) is 16.5. The fourth-order valence-electron chi connectivity index (χ4n) is 2.39. The molecule has 0 radical (unpaired) electrons. The molecule has 0 fully saturated rings. The third-order valence-electron chi connectivity index (χ3n) is 3.52. The summed E-state index contributed by atoms with van der Waals surface area (Å²) in [6, 6.07) is 10.4. The molecule has 7 nitrogen and oxygen atoms in total. The third-order valence-corrected chi connectivity index (χ3v) is 6.21. The van der Waals surface area contributed by atoms with Gasteiger partial charge in [0.2, 0.25) is 0 Å². The maximum absolute atomic E-state index is 13.0. The molecule has 0 spiro atoms. The molecule has 0 atom stereocenters. The number of methoxy groups -OCH3 is 1. The molecule has 3 rings (SSSR count). The average Bonchev–Trinajstić information content (AvgIpc) is 2.93. The Morgan fingerprint density at radius 3 is 2.54 bits per heavy atom. The van der Waals surface area contributed by atoms with Gasteiger partial charge in [-0.25, -0.2) is 12.4 Å². The first-order valence-corrected chi connectivity index (χ1v) is 8.93. The maximum atomic E-state index is 13.0. The van der Waals surface area contributed by atoms with E-state index < -0.39 is 14.9 Å². The highest BCUT2D eigenvalue weighted by Gasteiger charge is 2.24. The number of nitro groups is 1. The van der Waals surface area contributed by atoms with Gasteiger partial charge < -0.3 is 4.74 Å². The van der Waals surface area contributed by atoms with Gasteiger partial charge in [-0.1, -0.05) is 12.1 Å². The molecule has 3 aromatic rings. The van der Waals surface area contributed by atoms with E-state index in [9.17, 15) is 18.5 Å². The second-order valence-corrected chi connectivity index (χ2v) is 7.53. The molecule has 0 saturated carbocycles. The van der Waals surface area contributed by atoms with Gasteiger partial charge in [0, 0.05) is 22.0 Å². The maximum Gasteiger partial charge on any atom is 0.270 e. The van der Waals surface area contributed by atoms with Crippen LogP contribution in [0.1, 0.15) is 0 Å². The summed E-state index contributed by atoms with van der Waals surface area (Å²) >= 11 is 3.23. The minimum absolute atomic E-state index is 0.0860. The predicted octanol–water partition coefficient (Wildman–Crippen LogP) is 3.56. The van der Waals surface area contributed by atoms with Crippen LogP contribution < -0.4 is 4.74 Å². The van der Waals surface area contributed by atoms with Crippen LogP contribution in [0.15, 0.2) is 58.0 Å². The molecule has 0 unspecified atom stereocenters. The fourth-order valence-corrected chi connectivity index (χ4v) is 4.72. The van der Waals surface area contributed by atoms with Gasteiger partial charge in [0.05, 0.1) is 23.7 Å². The first-order chi connectivity index (χ1) is 11.4. The van der Waals surface area contributed by atoms with Crippen molar-refractivity contribution >= 4 is 42.5 Å². The Labute approximate surface area is 145 Å². The van der Waals surface area contributed by atoms with Crippen LogP contribution in [0.3, 0.4) is 0 Å². The van der Waals surface area contributed by atoms with Crippen LogP contribution >= 0.6 is 15.9 Å². The summed E-state index contributed by atoms with van der Waals surface area (Å²) in [5.74, 6) is 0.240. The zero-order valence-corrected chi connectivity index (χ0v) is 14.7. The molecule has 24 heavy (non-hydrogen) atoms. The number of rotatable bonds is 4. The Bertz CT molecular complexity index is 1060. The van der Waals surface area contributed by atoms with Crippen molar-refractivity contribution in [3.8, 4) is 5.75 Å². The van der Waals surface area contributed by atoms with Crippen LogP contribution in [0.5, 0.6) is 5.75 Å². The Kier molecular flexibility index (Phi) is 4.06. The van der Waals surface area contributed by atoms with Crippen molar-refractivity contribution in [2.24, 2.45) is 0 Å². The number of hydrogen-bond donors (Lipinski definition) is 0. The number of halogens is 1. The summed E-state index contributed by atoms with van der Waals surface area (Å²) in [5, 5.41) is 11.3. The SMILES string of the molecule is COc1cn(S(=O)(=O)c2ccccc2Br)c2ccc([N+](=O)[O-])cc12. The van der Waals surface area contributed by atoms with E-state index in [2.05, 4.69) is 15.9 Å². The summed E-state index contributed by atoms with van der Waals surface area (Å²) in [5.41, 5.74) is 0.157. The molecule has 124 valence electrons. The highest BCUT2D eigenvalue weighted by Crippen LogP contribution is 2.34. The number of fused-ring (bicyclic) bond motifs is 1. The molecule has 1 aromatic heterocycles. The van der Waals surface area contributed by atoms with Crippen molar-refractivity contribution in [3.63, 3.8) is 0 Å². The summed E-state index contributed by atoms with van der Waals surface area (Å²) in [4.78, 5) is 10.5. The minimum atomic E-state index is -3.90. The smallest absolute Gasteiger partial charge is 0.270 e. The van der Waals surface area contributed by atoms with E-state index in [-0.39, 0.29) is 16.3 Å². The van der Waals surface area contributed by atoms with E-state index in [1.54, 1.807) is 18.2 Å². The molecular weight excluding hydrogens is 400 g/mol. The Balaban J connectivity index is 2.31. The number of nitrogens with zero attached hydrogens (tertiary/aromatic N) is 2. The van der Waals surface area contributed by atoms with Gasteiger partial charge in [-0.3, -0.25) is 10.1 Å². The van der Waals surface area contributed by atoms with Gasteiger partial charge in [-0.2, -0.15) is 0 Å². The van der Waals surface area contributed by atoms with Crippen molar-refractivity contribution in [2.45, 2.75) is 4.90 Å². The van der Waals surface area contributed by atoms with E-state index >= 15 is 0 Å². The lowest BCUT2D eigenvalue weighted by Gasteiger charge is -2.08. The van der Waals surface area contributed by atoms with Crippen LogP contribution in [-0.4, -0.2) is 24.4 Å². The molecule has 0 saturated heterocycles. The summed E-state index contributed by atoms with van der Waals surface area (Å²) < 4.78 is 32.6. The lowest BCUT2D eigenvalue weighted by atomic mass is 10.2. The van der Waals surface area contributed by atoms with Crippen molar-refractivity contribution in [1.29, 1.82) is 0 Å². The van der Waals surface area contributed by atoms with E-state index in [0.717, 1.165) is 3.97 Å². The minimum Gasteiger partial charge on any atom is -0.494 e. The number of hydrogen-bond acceptors (Lipinski definition) is 5. The zero-order valence-electron chi connectivity index (χ0n) is 12.3. The summed E-state index contributed by atoms with van der Waals surface area (Å²) in [7, 11) is -2.52. The Hall–Kier alpha value is -2.39. The molecular formula is C15H11BrN2O5S. The molecule has 1 heterocycles. The molecule has 0 aliphatic rings. The summed E-state index contributed by atoms with van der Waals surface area (Å²) in [6.45, 7) is 0. The highest BCUT2D eigenvalue weighted by atomic mass is 79.9. The van der Waals surface area contributed by atoms with E-state index in [4.69, 9.17) is 4.74 Å². The molecule has 0 aliphatic heterocycles. The molecule has 9 heteroatoms. The number of benzene rings is 2. The average molecular weight is 411 g/mol. The molecule has 0 N–H and O–H groups in total. The number of non-ortho nitro benzene ring substituents is 1. The van der Waals surface area contributed by atoms with E-state index in [1.165, 1.54) is 37.6 Å². The quantitative estimate of drug-likeness (QED) is 0.484. The van der Waals surface area contributed by atoms with Crippen LogP contribution in [0, 0.1) is 10.1 Å². The van der Waals surface area contributed by atoms with Crippen molar-refractivity contribution in [3.05, 3.63) is 63.2 Å².